The monoisotopic (exact) mass is 268 g/mol. The van der Waals surface area contributed by atoms with Gasteiger partial charge in [-0.15, -0.1) is 0 Å². The fourth-order valence-electron chi connectivity index (χ4n) is 2.75. The van der Waals surface area contributed by atoms with Crippen LogP contribution in [0.15, 0.2) is 30.3 Å². The maximum atomic E-state index is 10.6. The highest BCUT2D eigenvalue weighted by Gasteiger charge is 2.21. The third kappa shape index (κ3) is 2.46. The van der Waals surface area contributed by atoms with E-state index in [2.05, 4.69) is 22.3 Å². The van der Waals surface area contributed by atoms with Gasteiger partial charge >= 0.3 is 0 Å². The second-order valence-corrected chi connectivity index (χ2v) is 5.73. The molecule has 20 heavy (non-hydrogen) atoms. The molecule has 1 aliphatic rings. The molecule has 3 rings (SSSR count). The largest absolute Gasteiger partial charge is 0.384 e. The van der Waals surface area contributed by atoms with E-state index < -0.39 is 6.10 Å². The van der Waals surface area contributed by atoms with Crippen molar-refractivity contribution in [1.82, 2.24) is 10.2 Å². The summed E-state index contributed by atoms with van der Waals surface area (Å²) >= 11 is 0. The first-order valence-electron chi connectivity index (χ1n) is 7.24. The zero-order chi connectivity index (χ0) is 14.1. The van der Waals surface area contributed by atoms with Crippen molar-refractivity contribution >= 4 is 0 Å². The smallest absolute Gasteiger partial charge is 0.106 e. The van der Waals surface area contributed by atoms with Gasteiger partial charge in [0.25, 0.3) is 0 Å². The number of hydrogen-bond acceptors (Lipinski definition) is 3. The highest BCUT2D eigenvalue weighted by Crippen LogP contribution is 2.37. The fourth-order valence-corrected chi connectivity index (χ4v) is 2.75. The highest BCUT2D eigenvalue weighted by molar-refractivity contribution is 5.36. The van der Waals surface area contributed by atoms with Crippen molar-refractivity contribution in [3.8, 4) is 0 Å². The standard InChI is InChI=1S/C17H20N2O/c1-11-9-16(12(2)19-18-11)17(20)15-8-4-7-14(10-15)13-5-3-6-13/h4,7-10,13,17,20H,3,5-6H2,1-2H3. The van der Waals surface area contributed by atoms with E-state index in [1.165, 1.54) is 24.8 Å². The lowest BCUT2D eigenvalue weighted by atomic mass is 9.79. The molecule has 1 heterocycles. The van der Waals surface area contributed by atoms with Crippen molar-refractivity contribution in [1.29, 1.82) is 0 Å². The zero-order valence-electron chi connectivity index (χ0n) is 12.0. The van der Waals surface area contributed by atoms with Crippen LogP contribution in [-0.4, -0.2) is 15.3 Å². The minimum Gasteiger partial charge on any atom is -0.384 e. The third-order valence-corrected chi connectivity index (χ3v) is 4.24. The Morgan fingerprint density at radius 1 is 1.15 bits per heavy atom. The van der Waals surface area contributed by atoms with E-state index in [1.807, 2.05) is 32.0 Å². The number of hydrogen-bond donors (Lipinski definition) is 1. The molecule has 0 aliphatic heterocycles. The van der Waals surface area contributed by atoms with Crippen LogP contribution >= 0.6 is 0 Å². The molecular formula is C17H20N2O. The second-order valence-electron chi connectivity index (χ2n) is 5.73. The molecule has 104 valence electrons. The Bertz CT molecular complexity index is 620. The molecule has 1 aromatic carbocycles. The average Bonchev–Trinajstić information content (AvgIpc) is 2.39. The number of aromatic nitrogens is 2. The van der Waals surface area contributed by atoms with E-state index >= 15 is 0 Å². The van der Waals surface area contributed by atoms with Gasteiger partial charge in [0.1, 0.15) is 6.10 Å². The summed E-state index contributed by atoms with van der Waals surface area (Å²) in [4.78, 5) is 0. The molecule has 0 spiro atoms. The van der Waals surface area contributed by atoms with E-state index in [4.69, 9.17) is 0 Å². The van der Waals surface area contributed by atoms with Gasteiger partial charge in [-0.25, -0.2) is 0 Å². The van der Waals surface area contributed by atoms with Gasteiger partial charge in [-0.2, -0.15) is 10.2 Å². The summed E-state index contributed by atoms with van der Waals surface area (Å²) in [5.41, 5.74) is 4.77. The molecule has 2 aromatic rings. The summed E-state index contributed by atoms with van der Waals surface area (Å²) in [6.07, 6.45) is 3.25. The van der Waals surface area contributed by atoms with E-state index in [-0.39, 0.29) is 0 Å². The van der Waals surface area contributed by atoms with Crippen molar-refractivity contribution in [3.05, 3.63) is 58.4 Å². The van der Waals surface area contributed by atoms with Crippen molar-refractivity contribution in [2.45, 2.75) is 45.1 Å². The van der Waals surface area contributed by atoms with Crippen LogP contribution in [0.2, 0.25) is 0 Å². The molecule has 0 radical (unpaired) electrons. The summed E-state index contributed by atoms with van der Waals surface area (Å²) in [7, 11) is 0. The molecule has 0 amide bonds. The molecule has 3 nitrogen and oxygen atoms in total. The quantitative estimate of drug-likeness (QED) is 0.927. The Kier molecular flexibility index (Phi) is 3.53. The van der Waals surface area contributed by atoms with Crippen LogP contribution in [0.1, 0.15) is 59.4 Å². The minimum atomic E-state index is -0.621. The number of benzene rings is 1. The Morgan fingerprint density at radius 3 is 2.65 bits per heavy atom. The Hall–Kier alpha value is -1.74. The van der Waals surface area contributed by atoms with Gasteiger partial charge in [-0.05, 0) is 49.8 Å². The van der Waals surface area contributed by atoms with Crippen LogP contribution in [0.4, 0.5) is 0 Å². The predicted molar refractivity (Wildman–Crippen MR) is 78.6 cm³/mol. The Morgan fingerprint density at radius 2 is 1.95 bits per heavy atom. The lowest BCUT2D eigenvalue weighted by Gasteiger charge is -2.26. The molecule has 1 N–H and O–H groups in total. The van der Waals surface area contributed by atoms with E-state index in [0.29, 0.717) is 5.92 Å². The molecule has 1 aromatic heterocycles. The normalized spacial score (nSPS) is 16.8. The SMILES string of the molecule is Cc1cc(C(O)c2cccc(C3CCC3)c2)c(C)nn1. The van der Waals surface area contributed by atoms with Gasteiger partial charge in [0.05, 0.1) is 11.4 Å². The van der Waals surface area contributed by atoms with Crippen LogP contribution < -0.4 is 0 Å². The van der Waals surface area contributed by atoms with Crippen molar-refractivity contribution in [2.24, 2.45) is 0 Å². The maximum Gasteiger partial charge on any atom is 0.106 e. The molecule has 0 saturated heterocycles. The van der Waals surface area contributed by atoms with Gasteiger partial charge in [0.15, 0.2) is 0 Å². The van der Waals surface area contributed by atoms with E-state index in [0.717, 1.165) is 22.5 Å². The summed E-state index contributed by atoms with van der Waals surface area (Å²) in [5.74, 6) is 0.681. The fraction of sp³-hybridized carbons (Fsp3) is 0.412. The molecule has 1 atom stereocenters. The molecule has 1 aliphatic carbocycles. The second kappa shape index (κ2) is 5.33. The van der Waals surface area contributed by atoms with Crippen LogP contribution in [0.5, 0.6) is 0 Å². The molecule has 1 unspecified atom stereocenters. The first-order valence-corrected chi connectivity index (χ1v) is 7.24. The molecule has 1 saturated carbocycles. The van der Waals surface area contributed by atoms with E-state index in [9.17, 15) is 5.11 Å². The van der Waals surface area contributed by atoms with Gasteiger partial charge in [0.2, 0.25) is 0 Å². The summed E-state index contributed by atoms with van der Waals surface area (Å²) < 4.78 is 0. The van der Waals surface area contributed by atoms with Crippen LogP contribution in [0, 0.1) is 13.8 Å². The minimum absolute atomic E-state index is 0.621. The number of aliphatic hydroxyl groups is 1. The topological polar surface area (TPSA) is 46.0 Å². The summed E-state index contributed by atoms with van der Waals surface area (Å²) in [5, 5.41) is 18.7. The van der Waals surface area contributed by atoms with Gasteiger partial charge in [-0.3, -0.25) is 0 Å². The zero-order valence-corrected chi connectivity index (χ0v) is 12.0. The van der Waals surface area contributed by atoms with Crippen LogP contribution in [-0.2, 0) is 0 Å². The number of rotatable bonds is 3. The molecular weight excluding hydrogens is 248 g/mol. The molecule has 0 bridgehead atoms. The van der Waals surface area contributed by atoms with Gasteiger partial charge in [-0.1, -0.05) is 30.7 Å². The first kappa shape index (κ1) is 13.3. The van der Waals surface area contributed by atoms with Crippen molar-refractivity contribution in [3.63, 3.8) is 0 Å². The lowest BCUT2D eigenvalue weighted by Crippen LogP contribution is -2.10. The van der Waals surface area contributed by atoms with Crippen LogP contribution in [0.3, 0.4) is 0 Å². The predicted octanol–water partition coefficient (Wildman–Crippen LogP) is 3.44. The van der Waals surface area contributed by atoms with Crippen molar-refractivity contribution < 1.29 is 5.11 Å². The third-order valence-electron chi connectivity index (χ3n) is 4.24. The number of aliphatic hydroxyl groups excluding tert-OH is 1. The number of nitrogens with zero attached hydrogens (tertiary/aromatic N) is 2. The highest BCUT2D eigenvalue weighted by atomic mass is 16.3. The van der Waals surface area contributed by atoms with Gasteiger partial charge in [0, 0.05) is 5.56 Å². The summed E-state index contributed by atoms with van der Waals surface area (Å²) in [6, 6.07) is 10.3. The lowest BCUT2D eigenvalue weighted by molar-refractivity contribution is 0.218. The average molecular weight is 268 g/mol. The van der Waals surface area contributed by atoms with Crippen molar-refractivity contribution in [2.75, 3.05) is 0 Å². The Balaban J connectivity index is 1.93. The maximum absolute atomic E-state index is 10.6. The molecule has 3 heteroatoms. The van der Waals surface area contributed by atoms with Gasteiger partial charge < -0.3 is 5.11 Å². The summed E-state index contributed by atoms with van der Waals surface area (Å²) in [6.45, 7) is 3.79. The van der Waals surface area contributed by atoms with E-state index in [1.54, 1.807) is 0 Å². The number of aryl methyl sites for hydroxylation is 2. The first-order chi connectivity index (χ1) is 9.65. The van der Waals surface area contributed by atoms with Crippen LogP contribution in [0.25, 0.3) is 0 Å². The Labute approximate surface area is 119 Å². The molecule has 1 fully saturated rings.